The summed E-state index contributed by atoms with van der Waals surface area (Å²) in [4.78, 5) is 11.4. The normalized spacial score (nSPS) is 12.4. The Labute approximate surface area is 105 Å². The van der Waals surface area contributed by atoms with Gasteiger partial charge in [-0.3, -0.25) is 4.79 Å². The molecule has 1 atom stereocenters. The molecule has 0 fully saturated rings. The van der Waals surface area contributed by atoms with Crippen LogP contribution in [0.1, 0.15) is 17.3 Å². The van der Waals surface area contributed by atoms with Crippen molar-refractivity contribution in [1.29, 1.82) is 0 Å². The quantitative estimate of drug-likeness (QED) is 0.502. The zero-order valence-corrected chi connectivity index (χ0v) is 9.87. The first-order chi connectivity index (χ1) is 8.81. The van der Waals surface area contributed by atoms with E-state index in [1.807, 2.05) is 0 Å². The number of amides is 1. The second-order valence-corrected chi connectivity index (χ2v) is 4.00. The van der Waals surface area contributed by atoms with E-state index in [-0.39, 0.29) is 19.0 Å². The summed E-state index contributed by atoms with van der Waals surface area (Å²) in [5, 5.41) is 2.05. The molecular formula is C11H11F5N2O. The molecule has 0 saturated heterocycles. The van der Waals surface area contributed by atoms with Crippen LogP contribution >= 0.6 is 0 Å². The van der Waals surface area contributed by atoms with Gasteiger partial charge in [0.15, 0.2) is 23.3 Å². The summed E-state index contributed by atoms with van der Waals surface area (Å²) in [5.74, 6) is -12.5. The molecule has 0 aliphatic rings. The molecule has 1 rings (SSSR count). The van der Waals surface area contributed by atoms with E-state index in [4.69, 9.17) is 5.73 Å². The molecule has 0 aromatic heterocycles. The third kappa shape index (κ3) is 3.01. The molecule has 1 aromatic rings. The fourth-order valence-corrected chi connectivity index (χ4v) is 1.24. The lowest BCUT2D eigenvalue weighted by Gasteiger charge is -2.12. The molecule has 3 nitrogen and oxygen atoms in total. The van der Waals surface area contributed by atoms with Gasteiger partial charge in [-0.15, -0.1) is 0 Å². The number of rotatable bonds is 4. The van der Waals surface area contributed by atoms with Crippen LogP contribution in [0, 0.1) is 35.0 Å². The molecule has 0 radical (unpaired) electrons. The number of nitrogens with two attached hydrogens (primary N) is 1. The first kappa shape index (κ1) is 15.4. The van der Waals surface area contributed by atoms with Crippen LogP contribution in [0.5, 0.6) is 0 Å². The molecule has 8 heteroatoms. The molecule has 0 aliphatic heterocycles. The van der Waals surface area contributed by atoms with Crippen LogP contribution in [0.15, 0.2) is 0 Å². The molecule has 106 valence electrons. The first-order valence-electron chi connectivity index (χ1n) is 5.30. The lowest BCUT2D eigenvalue weighted by Crippen LogP contribution is -2.33. The number of benzene rings is 1. The van der Waals surface area contributed by atoms with Crippen LogP contribution in [0.3, 0.4) is 0 Å². The fraction of sp³-hybridized carbons (Fsp3) is 0.364. The van der Waals surface area contributed by atoms with Crippen molar-refractivity contribution < 1.29 is 26.7 Å². The Balaban J connectivity index is 3.10. The molecule has 0 aliphatic carbocycles. The molecule has 0 heterocycles. The van der Waals surface area contributed by atoms with Gasteiger partial charge in [0.1, 0.15) is 5.56 Å². The number of hydrogen-bond acceptors (Lipinski definition) is 2. The Morgan fingerprint density at radius 3 is 1.89 bits per heavy atom. The SMILES string of the molecule is CC(CN)CNC(=O)c1c(F)c(F)c(F)c(F)c1F. The van der Waals surface area contributed by atoms with E-state index < -0.39 is 40.6 Å². The van der Waals surface area contributed by atoms with E-state index in [0.29, 0.717) is 0 Å². The smallest absolute Gasteiger partial charge is 0.257 e. The molecule has 0 saturated carbocycles. The lowest BCUT2D eigenvalue weighted by molar-refractivity contribution is 0.0936. The van der Waals surface area contributed by atoms with Gasteiger partial charge in [-0.2, -0.15) is 0 Å². The molecular weight excluding hydrogens is 271 g/mol. The summed E-state index contributed by atoms with van der Waals surface area (Å²) in [6, 6.07) is 0. The number of carbonyl (C=O) groups is 1. The molecule has 1 amide bonds. The van der Waals surface area contributed by atoms with E-state index in [1.54, 1.807) is 6.92 Å². The van der Waals surface area contributed by atoms with Crippen molar-refractivity contribution in [2.24, 2.45) is 11.7 Å². The maximum absolute atomic E-state index is 13.3. The van der Waals surface area contributed by atoms with Crippen molar-refractivity contribution in [1.82, 2.24) is 5.32 Å². The molecule has 1 aromatic carbocycles. The Hall–Kier alpha value is -1.70. The Morgan fingerprint density at radius 2 is 1.47 bits per heavy atom. The summed E-state index contributed by atoms with van der Waals surface area (Å²) in [6.07, 6.45) is 0. The van der Waals surface area contributed by atoms with Crippen molar-refractivity contribution in [2.75, 3.05) is 13.1 Å². The maximum Gasteiger partial charge on any atom is 0.257 e. The summed E-state index contributed by atoms with van der Waals surface area (Å²) in [5.41, 5.74) is 3.76. The Morgan fingerprint density at radius 1 is 1.05 bits per heavy atom. The monoisotopic (exact) mass is 282 g/mol. The Kier molecular flexibility index (Phi) is 4.82. The minimum atomic E-state index is -2.30. The highest BCUT2D eigenvalue weighted by atomic mass is 19.2. The van der Waals surface area contributed by atoms with Crippen LogP contribution in [-0.4, -0.2) is 19.0 Å². The third-order valence-electron chi connectivity index (χ3n) is 2.45. The predicted molar refractivity (Wildman–Crippen MR) is 56.8 cm³/mol. The van der Waals surface area contributed by atoms with E-state index in [9.17, 15) is 26.7 Å². The van der Waals surface area contributed by atoms with Gasteiger partial charge in [-0.05, 0) is 12.5 Å². The summed E-state index contributed by atoms with van der Waals surface area (Å²) in [7, 11) is 0. The highest BCUT2D eigenvalue weighted by Gasteiger charge is 2.29. The highest BCUT2D eigenvalue weighted by molar-refractivity contribution is 5.94. The molecule has 3 N–H and O–H groups in total. The topological polar surface area (TPSA) is 55.1 Å². The number of nitrogens with one attached hydrogen (secondary N) is 1. The minimum Gasteiger partial charge on any atom is -0.352 e. The van der Waals surface area contributed by atoms with E-state index in [1.165, 1.54) is 0 Å². The van der Waals surface area contributed by atoms with Gasteiger partial charge in [0.05, 0.1) is 0 Å². The van der Waals surface area contributed by atoms with Crippen molar-refractivity contribution >= 4 is 5.91 Å². The van der Waals surface area contributed by atoms with Gasteiger partial charge in [0.25, 0.3) is 5.91 Å². The second kappa shape index (κ2) is 5.96. The molecule has 1 unspecified atom stereocenters. The van der Waals surface area contributed by atoms with Crippen LogP contribution in [0.4, 0.5) is 22.0 Å². The summed E-state index contributed by atoms with van der Waals surface area (Å²) >= 11 is 0. The Bertz CT molecular complexity index is 477. The van der Waals surface area contributed by atoms with E-state index in [2.05, 4.69) is 5.32 Å². The van der Waals surface area contributed by atoms with Gasteiger partial charge in [0, 0.05) is 6.54 Å². The highest BCUT2D eigenvalue weighted by Crippen LogP contribution is 2.22. The van der Waals surface area contributed by atoms with Crippen LogP contribution < -0.4 is 11.1 Å². The minimum absolute atomic E-state index is 0.0468. The van der Waals surface area contributed by atoms with Crippen molar-refractivity contribution in [3.05, 3.63) is 34.6 Å². The molecule has 19 heavy (non-hydrogen) atoms. The standard InChI is InChI=1S/C11H11F5N2O/c1-4(2-17)3-18-11(19)5-6(12)8(14)10(16)9(15)7(5)13/h4H,2-3,17H2,1H3,(H,18,19). The van der Waals surface area contributed by atoms with Gasteiger partial charge in [-0.1, -0.05) is 6.92 Å². The van der Waals surface area contributed by atoms with Crippen molar-refractivity contribution in [3.8, 4) is 0 Å². The summed E-state index contributed by atoms with van der Waals surface area (Å²) < 4.78 is 65.0. The van der Waals surface area contributed by atoms with Gasteiger partial charge in [-0.25, -0.2) is 22.0 Å². The van der Waals surface area contributed by atoms with E-state index in [0.717, 1.165) is 0 Å². The summed E-state index contributed by atoms with van der Waals surface area (Å²) in [6.45, 7) is 1.78. The lowest BCUT2D eigenvalue weighted by atomic mass is 10.1. The van der Waals surface area contributed by atoms with Gasteiger partial charge < -0.3 is 11.1 Å². The largest absolute Gasteiger partial charge is 0.352 e. The number of carbonyl (C=O) groups excluding carboxylic acids is 1. The first-order valence-corrected chi connectivity index (χ1v) is 5.30. The molecule has 0 bridgehead atoms. The zero-order chi connectivity index (χ0) is 14.7. The van der Waals surface area contributed by atoms with Crippen LogP contribution in [0.2, 0.25) is 0 Å². The predicted octanol–water partition coefficient (Wildman–Crippen LogP) is 1.71. The van der Waals surface area contributed by atoms with Gasteiger partial charge in [0.2, 0.25) is 5.82 Å². The van der Waals surface area contributed by atoms with E-state index >= 15 is 0 Å². The van der Waals surface area contributed by atoms with Crippen LogP contribution in [-0.2, 0) is 0 Å². The third-order valence-corrected chi connectivity index (χ3v) is 2.45. The number of hydrogen-bond donors (Lipinski definition) is 2. The van der Waals surface area contributed by atoms with Crippen molar-refractivity contribution in [2.45, 2.75) is 6.92 Å². The van der Waals surface area contributed by atoms with Gasteiger partial charge >= 0.3 is 0 Å². The zero-order valence-electron chi connectivity index (χ0n) is 9.87. The number of halogens is 5. The molecule has 0 spiro atoms. The fourth-order valence-electron chi connectivity index (χ4n) is 1.24. The van der Waals surface area contributed by atoms with Crippen molar-refractivity contribution in [3.63, 3.8) is 0 Å². The second-order valence-electron chi connectivity index (χ2n) is 4.00. The average molecular weight is 282 g/mol. The maximum atomic E-state index is 13.3. The average Bonchev–Trinajstić information content (AvgIpc) is 2.40. The van der Waals surface area contributed by atoms with Crippen LogP contribution in [0.25, 0.3) is 0 Å².